The number of carbonyl (C=O) groups is 1. The van der Waals surface area contributed by atoms with Crippen molar-refractivity contribution in [2.24, 2.45) is 0 Å². The van der Waals surface area contributed by atoms with Crippen LogP contribution in [0.1, 0.15) is 0 Å². The molecule has 0 aromatic carbocycles. The summed E-state index contributed by atoms with van der Waals surface area (Å²) in [6.07, 6.45) is 0. The third-order valence-electron chi connectivity index (χ3n) is 1.53. The maximum absolute atomic E-state index is 12.6. The van der Waals surface area contributed by atoms with Crippen LogP contribution in [0.15, 0.2) is 0 Å². The minimum atomic E-state index is -4.52. The molecule has 3 nitrogen and oxygen atoms in total. The number of carbonyl (C=O) groups excluding carboxylic acids is 1. The molecule has 0 aromatic heterocycles. The molecule has 82 valence electrons. The molecule has 1 rings (SSSR count). The molecule has 0 radical (unpaired) electrons. The van der Waals surface area contributed by atoms with Crippen molar-refractivity contribution >= 4 is 29.1 Å². The second-order valence-electron chi connectivity index (χ2n) is 2.51. The van der Waals surface area contributed by atoms with Crippen LogP contribution in [0.5, 0.6) is 0 Å². The van der Waals surface area contributed by atoms with Gasteiger partial charge in [0.1, 0.15) is 6.61 Å². The van der Waals surface area contributed by atoms with Gasteiger partial charge in [-0.25, -0.2) is 0 Å². The van der Waals surface area contributed by atoms with Gasteiger partial charge in [0, 0.05) is 0 Å². The van der Waals surface area contributed by atoms with E-state index in [0.29, 0.717) is 0 Å². The van der Waals surface area contributed by atoms with E-state index < -0.39 is 29.0 Å². The highest BCUT2D eigenvalue weighted by Gasteiger charge is 2.72. The van der Waals surface area contributed by atoms with E-state index in [0.717, 1.165) is 0 Å². The molecule has 0 atom stereocenters. The molecule has 14 heavy (non-hydrogen) atoms. The van der Waals surface area contributed by atoms with Crippen molar-refractivity contribution in [2.75, 3.05) is 6.61 Å². The first-order chi connectivity index (χ1) is 6.10. The standard InChI is InChI=1S/C5H3Cl2F4NO2/c6-4(8,9)3(5(7,10)11)12-2(13)1-14-3/h1H2,(H,12,13). The lowest BCUT2D eigenvalue weighted by Gasteiger charge is -2.34. The lowest BCUT2D eigenvalue weighted by atomic mass is 10.2. The summed E-state index contributed by atoms with van der Waals surface area (Å²) in [5.74, 6) is -1.15. The zero-order valence-corrected chi connectivity index (χ0v) is 7.80. The molecule has 0 spiro atoms. The third kappa shape index (κ3) is 1.64. The second-order valence-corrected chi connectivity index (χ2v) is 3.46. The van der Waals surface area contributed by atoms with E-state index in [9.17, 15) is 22.4 Å². The Morgan fingerprint density at radius 2 is 1.71 bits per heavy atom. The second kappa shape index (κ2) is 3.11. The summed E-state index contributed by atoms with van der Waals surface area (Å²) in [5, 5.41) is -7.82. The number of amides is 1. The fourth-order valence-corrected chi connectivity index (χ4v) is 1.40. The van der Waals surface area contributed by atoms with Crippen molar-refractivity contribution in [1.29, 1.82) is 0 Å². The predicted molar refractivity (Wildman–Crippen MR) is 38.4 cm³/mol. The highest BCUT2D eigenvalue weighted by molar-refractivity contribution is 6.26. The van der Waals surface area contributed by atoms with E-state index in [-0.39, 0.29) is 0 Å². The number of hydrogen-bond acceptors (Lipinski definition) is 2. The first-order valence-corrected chi connectivity index (χ1v) is 3.94. The number of nitrogens with one attached hydrogen (secondary N) is 1. The topological polar surface area (TPSA) is 38.3 Å². The van der Waals surface area contributed by atoms with Crippen LogP contribution >= 0.6 is 23.2 Å². The van der Waals surface area contributed by atoms with Crippen LogP contribution in [0.3, 0.4) is 0 Å². The van der Waals surface area contributed by atoms with Crippen molar-refractivity contribution in [3.8, 4) is 0 Å². The number of hydrogen-bond donors (Lipinski definition) is 1. The Morgan fingerprint density at radius 1 is 1.29 bits per heavy atom. The minimum Gasteiger partial charge on any atom is -0.333 e. The number of rotatable bonds is 2. The van der Waals surface area contributed by atoms with Crippen LogP contribution in [0.25, 0.3) is 0 Å². The van der Waals surface area contributed by atoms with Gasteiger partial charge in [-0.1, -0.05) is 0 Å². The molecule has 1 aliphatic heterocycles. The number of ether oxygens (including phenoxy) is 1. The molecule has 1 N–H and O–H groups in total. The molecule has 0 bridgehead atoms. The summed E-state index contributed by atoms with van der Waals surface area (Å²) in [5.41, 5.74) is -3.69. The molecular weight excluding hydrogens is 253 g/mol. The van der Waals surface area contributed by atoms with Gasteiger partial charge in [-0.15, -0.1) is 0 Å². The average Bonchev–Trinajstić information content (AvgIpc) is 2.28. The van der Waals surface area contributed by atoms with Crippen LogP contribution in [0.2, 0.25) is 0 Å². The molecule has 1 saturated heterocycles. The summed E-state index contributed by atoms with van der Waals surface area (Å²) < 4.78 is 54.4. The van der Waals surface area contributed by atoms with Gasteiger partial charge < -0.3 is 10.1 Å². The molecule has 1 aliphatic rings. The SMILES string of the molecule is O=C1COC(C(F)(F)Cl)(C(F)(F)Cl)N1. The van der Waals surface area contributed by atoms with Gasteiger partial charge in [-0.05, 0) is 23.2 Å². The van der Waals surface area contributed by atoms with Gasteiger partial charge in [0.2, 0.25) is 5.91 Å². The summed E-state index contributed by atoms with van der Waals surface area (Å²) in [7, 11) is 0. The summed E-state index contributed by atoms with van der Waals surface area (Å²) in [6, 6.07) is 0. The van der Waals surface area contributed by atoms with Crippen molar-refractivity contribution in [3.63, 3.8) is 0 Å². The Labute approximate surface area is 85.3 Å². The Hall–Kier alpha value is -0.270. The van der Waals surface area contributed by atoms with Gasteiger partial charge in [-0.3, -0.25) is 4.79 Å². The quantitative estimate of drug-likeness (QED) is 0.600. The van der Waals surface area contributed by atoms with Crippen molar-refractivity contribution in [1.82, 2.24) is 5.32 Å². The average molecular weight is 256 g/mol. The first-order valence-electron chi connectivity index (χ1n) is 3.18. The van der Waals surface area contributed by atoms with Gasteiger partial charge >= 0.3 is 16.5 Å². The molecule has 1 heterocycles. The van der Waals surface area contributed by atoms with E-state index in [1.54, 1.807) is 0 Å². The lowest BCUT2D eigenvalue weighted by molar-refractivity contribution is -0.232. The van der Waals surface area contributed by atoms with Crippen LogP contribution in [-0.2, 0) is 9.53 Å². The monoisotopic (exact) mass is 255 g/mol. The Balaban J connectivity index is 3.12. The first kappa shape index (κ1) is 11.8. The maximum atomic E-state index is 12.6. The highest BCUT2D eigenvalue weighted by Crippen LogP contribution is 2.48. The minimum absolute atomic E-state index is 0.954. The zero-order chi connectivity index (χ0) is 11.2. The predicted octanol–water partition coefficient (Wildman–Crippen LogP) is 1.49. The largest absolute Gasteiger partial charge is 0.376 e. The van der Waals surface area contributed by atoms with Crippen molar-refractivity contribution in [2.45, 2.75) is 16.5 Å². The van der Waals surface area contributed by atoms with Gasteiger partial charge in [0.15, 0.2) is 0 Å². The van der Waals surface area contributed by atoms with Gasteiger partial charge in [-0.2, -0.15) is 17.6 Å². The van der Waals surface area contributed by atoms with Crippen LogP contribution in [0.4, 0.5) is 17.6 Å². The molecule has 0 aromatic rings. The van der Waals surface area contributed by atoms with Gasteiger partial charge in [0.25, 0.3) is 0 Å². The van der Waals surface area contributed by atoms with Gasteiger partial charge in [0.05, 0.1) is 0 Å². The molecule has 9 heteroatoms. The van der Waals surface area contributed by atoms with E-state index in [2.05, 4.69) is 27.9 Å². The Kier molecular flexibility index (Phi) is 2.62. The maximum Gasteiger partial charge on any atom is 0.376 e. The van der Waals surface area contributed by atoms with Crippen LogP contribution in [-0.4, -0.2) is 29.0 Å². The molecule has 1 fully saturated rings. The van der Waals surface area contributed by atoms with E-state index in [1.165, 1.54) is 5.32 Å². The summed E-state index contributed by atoms with van der Waals surface area (Å²) in [6.45, 7) is -0.954. The normalized spacial score (nSPS) is 22.3. The van der Waals surface area contributed by atoms with Crippen molar-refractivity contribution in [3.05, 3.63) is 0 Å². The van der Waals surface area contributed by atoms with E-state index in [1.807, 2.05) is 0 Å². The smallest absolute Gasteiger partial charge is 0.333 e. The fraction of sp³-hybridized carbons (Fsp3) is 0.800. The number of halogens is 6. The zero-order valence-electron chi connectivity index (χ0n) is 6.29. The van der Waals surface area contributed by atoms with Crippen LogP contribution in [0, 0.1) is 0 Å². The third-order valence-corrected chi connectivity index (χ3v) is 2.07. The molecule has 0 aliphatic carbocycles. The Bertz CT molecular complexity index is 247. The Morgan fingerprint density at radius 3 is 1.86 bits per heavy atom. The molecule has 1 amide bonds. The molecule has 0 saturated carbocycles. The highest BCUT2D eigenvalue weighted by atomic mass is 35.5. The lowest BCUT2D eigenvalue weighted by Crippen LogP contribution is -2.63. The van der Waals surface area contributed by atoms with Crippen LogP contribution < -0.4 is 5.32 Å². The van der Waals surface area contributed by atoms with Crippen molar-refractivity contribution < 1.29 is 27.1 Å². The summed E-state index contributed by atoms with van der Waals surface area (Å²) >= 11 is 8.82. The molecular formula is C5H3Cl2F4NO2. The van der Waals surface area contributed by atoms with E-state index in [4.69, 9.17) is 0 Å². The fourth-order valence-electron chi connectivity index (χ4n) is 0.908. The number of alkyl halides is 6. The van der Waals surface area contributed by atoms with E-state index >= 15 is 0 Å². The summed E-state index contributed by atoms with van der Waals surface area (Å²) in [4.78, 5) is 10.5. The molecule has 0 unspecified atom stereocenters.